The summed E-state index contributed by atoms with van der Waals surface area (Å²) in [6, 6.07) is 18.1. The fourth-order valence-corrected chi connectivity index (χ4v) is 6.26. The molecule has 0 bridgehead atoms. The Kier molecular flexibility index (Phi) is 5.57. The molecule has 3 N–H and O–H groups in total. The summed E-state index contributed by atoms with van der Waals surface area (Å²) in [7, 11) is -4.79. The summed E-state index contributed by atoms with van der Waals surface area (Å²) in [5.41, 5.74) is 0.0334. The Labute approximate surface area is 159 Å². The first-order chi connectivity index (χ1) is 12.8. The molecule has 3 rings (SSSR count). The summed E-state index contributed by atoms with van der Waals surface area (Å²) in [6.07, 6.45) is 1.95. The van der Waals surface area contributed by atoms with Gasteiger partial charge in [-0.3, -0.25) is 9.36 Å². The molecule has 1 aliphatic carbocycles. The van der Waals surface area contributed by atoms with Crippen molar-refractivity contribution in [3.05, 3.63) is 71.8 Å². The van der Waals surface area contributed by atoms with Gasteiger partial charge in [-0.1, -0.05) is 73.5 Å². The minimum Gasteiger partial charge on any atom is -0.481 e. The molecule has 0 radical (unpaired) electrons. The van der Waals surface area contributed by atoms with Gasteiger partial charge < -0.3 is 14.9 Å². The number of aliphatic carboxylic acids is 1. The molecular formula is C21H25O5P. The standard InChI is InChI=1S/C21H25O5P/c22-19(23)20(13-7-8-14-20)21(27(24,25)26,15-17-9-3-1-4-10-17)16-18-11-5-2-6-12-18/h1-6,9-12H,7-8,13-16H2,(H,22,23)(H2,24,25,26). The van der Waals surface area contributed by atoms with E-state index in [1.165, 1.54) is 0 Å². The highest BCUT2D eigenvalue weighted by Gasteiger charge is 2.65. The van der Waals surface area contributed by atoms with Crippen molar-refractivity contribution in [1.29, 1.82) is 0 Å². The minimum absolute atomic E-state index is 0.0271. The van der Waals surface area contributed by atoms with Crippen LogP contribution in [0.1, 0.15) is 36.8 Å². The summed E-state index contributed by atoms with van der Waals surface area (Å²) in [5.74, 6) is -1.10. The third kappa shape index (κ3) is 3.60. The van der Waals surface area contributed by atoms with Crippen LogP contribution < -0.4 is 0 Å². The molecule has 0 amide bonds. The second-order valence-corrected chi connectivity index (χ2v) is 9.44. The normalized spacial score (nSPS) is 17.0. The van der Waals surface area contributed by atoms with Crippen molar-refractivity contribution >= 4 is 13.6 Å². The highest BCUT2D eigenvalue weighted by atomic mass is 31.2. The highest BCUT2D eigenvalue weighted by Crippen LogP contribution is 2.66. The molecule has 1 fully saturated rings. The average molecular weight is 388 g/mol. The van der Waals surface area contributed by atoms with Crippen molar-refractivity contribution < 1.29 is 24.3 Å². The molecule has 5 nitrogen and oxygen atoms in total. The number of benzene rings is 2. The lowest BCUT2D eigenvalue weighted by Crippen LogP contribution is -2.54. The lowest BCUT2D eigenvalue weighted by atomic mass is 9.67. The van der Waals surface area contributed by atoms with E-state index in [4.69, 9.17) is 0 Å². The van der Waals surface area contributed by atoms with Crippen LogP contribution in [0.4, 0.5) is 0 Å². The third-order valence-corrected chi connectivity index (χ3v) is 7.85. The number of rotatable bonds is 7. The number of carbonyl (C=O) groups is 1. The molecule has 2 aromatic carbocycles. The Morgan fingerprint density at radius 2 is 1.30 bits per heavy atom. The van der Waals surface area contributed by atoms with Crippen LogP contribution in [0.2, 0.25) is 0 Å². The van der Waals surface area contributed by atoms with Gasteiger partial charge in [0.1, 0.15) is 0 Å². The van der Waals surface area contributed by atoms with Crippen LogP contribution in [0.3, 0.4) is 0 Å². The van der Waals surface area contributed by atoms with E-state index in [1.54, 1.807) is 24.3 Å². The van der Waals surface area contributed by atoms with Crippen molar-refractivity contribution in [3.8, 4) is 0 Å². The van der Waals surface area contributed by atoms with E-state index in [1.807, 2.05) is 36.4 Å². The summed E-state index contributed by atoms with van der Waals surface area (Å²) in [5, 5.41) is 8.49. The highest BCUT2D eigenvalue weighted by molar-refractivity contribution is 7.53. The minimum atomic E-state index is -4.79. The van der Waals surface area contributed by atoms with Crippen LogP contribution >= 0.6 is 7.60 Å². The maximum Gasteiger partial charge on any atom is 0.333 e. The molecule has 0 aromatic heterocycles. The lowest BCUT2D eigenvalue weighted by molar-refractivity contribution is -0.151. The van der Waals surface area contributed by atoms with Gasteiger partial charge in [0.15, 0.2) is 0 Å². The fraction of sp³-hybridized carbons (Fsp3) is 0.381. The van der Waals surface area contributed by atoms with Gasteiger partial charge in [0.2, 0.25) is 0 Å². The lowest BCUT2D eigenvalue weighted by Gasteiger charge is -2.46. The van der Waals surface area contributed by atoms with E-state index in [2.05, 4.69) is 0 Å². The fourth-order valence-electron chi connectivity index (χ4n) is 4.61. The van der Waals surface area contributed by atoms with Gasteiger partial charge in [-0.15, -0.1) is 0 Å². The van der Waals surface area contributed by atoms with Crippen LogP contribution in [-0.2, 0) is 22.2 Å². The zero-order chi connectivity index (χ0) is 19.5. The molecule has 0 atom stereocenters. The maximum absolute atomic E-state index is 13.0. The molecule has 0 unspecified atom stereocenters. The van der Waals surface area contributed by atoms with E-state index in [0.29, 0.717) is 12.8 Å². The molecule has 0 heterocycles. The summed E-state index contributed by atoms with van der Waals surface area (Å²) < 4.78 is 13.0. The smallest absolute Gasteiger partial charge is 0.333 e. The van der Waals surface area contributed by atoms with Crippen LogP contribution in [0.25, 0.3) is 0 Å². The third-order valence-electron chi connectivity index (χ3n) is 5.99. The Morgan fingerprint density at radius 1 is 0.889 bits per heavy atom. The zero-order valence-corrected chi connectivity index (χ0v) is 16.0. The zero-order valence-electron chi connectivity index (χ0n) is 15.1. The molecule has 0 aliphatic heterocycles. The maximum atomic E-state index is 13.0. The van der Waals surface area contributed by atoms with Crippen LogP contribution in [0, 0.1) is 5.41 Å². The SMILES string of the molecule is O=C(O)C1(C(Cc2ccccc2)(Cc2ccccc2)P(=O)(O)O)CCCC1. The van der Waals surface area contributed by atoms with E-state index in [9.17, 15) is 24.3 Å². The van der Waals surface area contributed by atoms with Gasteiger partial charge in [0, 0.05) is 0 Å². The van der Waals surface area contributed by atoms with Gasteiger partial charge in [-0.05, 0) is 36.8 Å². The first-order valence-electron chi connectivity index (χ1n) is 9.18. The summed E-state index contributed by atoms with van der Waals surface area (Å²) >= 11 is 0. The molecule has 0 spiro atoms. The van der Waals surface area contributed by atoms with Crippen molar-refractivity contribution in [2.75, 3.05) is 0 Å². The first-order valence-corrected chi connectivity index (χ1v) is 10.8. The molecule has 2 aromatic rings. The molecule has 1 saturated carbocycles. The number of carboxylic acid groups (broad SMARTS) is 1. The van der Waals surface area contributed by atoms with Crippen LogP contribution in [0.5, 0.6) is 0 Å². The van der Waals surface area contributed by atoms with E-state index in [0.717, 1.165) is 11.1 Å². The molecule has 1 aliphatic rings. The Hall–Kier alpha value is -1.94. The van der Waals surface area contributed by atoms with Crippen molar-refractivity contribution in [2.24, 2.45) is 5.41 Å². The van der Waals surface area contributed by atoms with Gasteiger partial charge >= 0.3 is 13.6 Å². The second kappa shape index (κ2) is 7.59. The molecule has 6 heteroatoms. The number of hydrogen-bond acceptors (Lipinski definition) is 2. The monoisotopic (exact) mass is 388 g/mol. The second-order valence-electron chi connectivity index (χ2n) is 7.49. The predicted octanol–water partition coefficient (Wildman–Crippen LogP) is 4.03. The van der Waals surface area contributed by atoms with Crippen molar-refractivity contribution in [2.45, 2.75) is 43.7 Å². The van der Waals surface area contributed by atoms with E-state index in [-0.39, 0.29) is 25.7 Å². The first kappa shape index (κ1) is 19.8. The van der Waals surface area contributed by atoms with Crippen molar-refractivity contribution in [1.82, 2.24) is 0 Å². The van der Waals surface area contributed by atoms with E-state index >= 15 is 0 Å². The molecule has 144 valence electrons. The van der Waals surface area contributed by atoms with Crippen molar-refractivity contribution in [3.63, 3.8) is 0 Å². The van der Waals surface area contributed by atoms with Gasteiger partial charge in [-0.25, -0.2) is 0 Å². The van der Waals surface area contributed by atoms with Gasteiger partial charge in [0.05, 0.1) is 10.6 Å². The largest absolute Gasteiger partial charge is 0.481 e. The Balaban J connectivity index is 2.21. The van der Waals surface area contributed by atoms with Crippen LogP contribution in [-0.4, -0.2) is 26.0 Å². The quantitative estimate of drug-likeness (QED) is 0.623. The van der Waals surface area contributed by atoms with E-state index < -0.39 is 24.1 Å². The average Bonchev–Trinajstić information content (AvgIpc) is 3.13. The molecular weight excluding hydrogens is 363 g/mol. The molecule has 27 heavy (non-hydrogen) atoms. The Bertz CT molecular complexity index is 781. The van der Waals surface area contributed by atoms with Gasteiger partial charge in [-0.2, -0.15) is 0 Å². The van der Waals surface area contributed by atoms with Gasteiger partial charge in [0.25, 0.3) is 0 Å². The number of hydrogen-bond donors (Lipinski definition) is 3. The predicted molar refractivity (Wildman–Crippen MR) is 104 cm³/mol. The summed E-state index contributed by atoms with van der Waals surface area (Å²) in [4.78, 5) is 33.6. The topological polar surface area (TPSA) is 94.8 Å². The number of carboxylic acids is 1. The molecule has 0 saturated heterocycles. The summed E-state index contributed by atoms with van der Waals surface area (Å²) in [6.45, 7) is 0. The van der Waals surface area contributed by atoms with Crippen LogP contribution in [0.15, 0.2) is 60.7 Å². The Morgan fingerprint density at radius 3 is 1.63 bits per heavy atom.